The molecule has 1 rings (SSSR count). The number of rotatable bonds is 4. The molecule has 0 saturated carbocycles. The molecule has 4 heteroatoms. The van der Waals surface area contributed by atoms with Crippen LogP contribution in [0.15, 0.2) is 18.2 Å². The van der Waals surface area contributed by atoms with Crippen LogP contribution in [0.25, 0.3) is 0 Å². The second-order valence-electron chi connectivity index (χ2n) is 3.19. The molecule has 80 valence electrons. The Morgan fingerprint density at radius 1 is 1.40 bits per heavy atom. The van der Waals surface area contributed by atoms with Gasteiger partial charge in [-0.1, -0.05) is 26.0 Å². The van der Waals surface area contributed by atoms with E-state index in [4.69, 9.17) is 0 Å². The van der Waals surface area contributed by atoms with Crippen molar-refractivity contribution in [2.45, 2.75) is 26.7 Å². The number of hydrogen-bond acceptors (Lipinski definition) is 3. The number of hydrogen-bond donors (Lipinski definition) is 0. The fourth-order valence-corrected chi connectivity index (χ4v) is 1.57. The van der Waals surface area contributed by atoms with E-state index in [0.717, 1.165) is 0 Å². The lowest BCUT2D eigenvalue weighted by atomic mass is 9.98. The summed E-state index contributed by atoms with van der Waals surface area (Å²) in [6, 6.07) is 4.64. The number of carbonyl (C=O) groups is 1. The minimum atomic E-state index is -0.439. The topological polar surface area (TPSA) is 60.2 Å². The first-order valence-corrected chi connectivity index (χ1v) is 4.91. The average Bonchev–Trinajstić information content (AvgIpc) is 2.26. The summed E-state index contributed by atoms with van der Waals surface area (Å²) in [4.78, 5) is 21.8. The van der Waals surface area contributed by atoms with Crippen LogP contribution in [0.3, 0.4) is 0 Å². The van der Waals surface area contributed by atoms with E-state index in [2.05, 4.69) is 0 Å². The van der Waals surface area contributed by atoms with Crippen molar-refractivity contribution in [1.82, 2.24) is 0 Å². The third kappa shape index (κ3) is 2.21. The van der Waals surface area contributed by atoms with Gasteiger partial charge in [-0.15, -0.1) is 0 Å². The molecule has 0 amide bonds. The molecule has 0 aliphatic carbocycles. The molecule has 0 unspecified atom stereocenters. The molecule has 0 aliphatic rings. The molecule has 0 radical (unpaired) electrons. The van der Waals surface area contributed by atoms with E-state index in [9.17, 15) is 14.9 Å². The number of carbonyl (C=O) groups excluding carboxylic acids is 1. The lowest BCUT2D eigenvalue weighted by molar-refractivity contribution is -0.385. The van der Waals surface area contributed by atoms with Crippen molar-refractivity contribution >= 4 is 11.5 Å². The van der Waals surface area contributed by atoms with E-state index in [0.29, 0.717) is 24.0 Å². The van der Waals surface area contributed by atoms with E-state index in [-0.39, 0.29) is 11.5 Å². The van der Waals surface area contributed by atoms with Crippen LogP contribution in [0.5, 0.6) is 0 Å². The smallest absolute Gasteiger partial charge is 0.273 e. The minimum absolute atomic E-state index is 0.0387. The van der Waals surface area contributed by atoms with Crippen LogP contribution < -0.4 is 0 Å². The highest BCUT2D eigenvalue weighted by atomic mass is 16.6. The molecule has 1 aromatic carbocycles. The summed E-state index contributed by atoms with van der Waals surface area (Å²) in [5.74, 6) is -0.0458. The summed E-state index contributed by atoms with van der Waals surface area (Å²) >= 11 is 0. The molecule has 0 heterocycles. The van der Waals surface area contributed by atoms with Crippen LogP contribution >= 0.6 is 0 Å². The molecular weight excluding hydrogens is 194 g/mol. The molecule has 0 N–H and O–H groups in total. The monoisotopic (exact) mass is 207 g/mol. The second-order valence-corrected chi connectivity index (χ2v) is 3.19. The van der Waals surface area contributed by atoms with Gasteiger partial charge < -0.3 is 0 Å². The number of nitrogens with zero attached hydrogens (tertiary/aromatic N) is 1. The Morgan fingerprint density at radius 3 is 2.53 bits per heavy atom. The first-order valence-electron chi connectivity index (χ1n) is 4.91. The quantitative estimate of drug-likeness (QED) is 0.433. The number of nitro benzene ring substituents is 1. The number of nitro groups is 1. The van der Waals surface area contributed by atoms with E-state index < -0.39 is 4.92 Å². The summed E-state index contributed by atoms with van der Waals surface area (Å²) in [5.41, 5.74) is 1.06. The standard InChI is InChI=1S/C11H13NO3/c1-3-8-9(11(13)4-2)6-5-7-10(8)12(14)15/h5-7H,3-4H2,1-2H3. The SMILES string of the molecule is CCC(=O)c1cccc([N+](=O)[O-])c1CC. The Labute approximate surface area is 88.1 Å². The summed E-state index contributed by atoms with van der Waals surface area (Å²) in [7, 11) is 0. The maximum Gasteiger partial charge on any atom is 0.273 e. The summed E-state index contributed by atoms with van der Waals surface area (Å²) < 4.78 is 0. The molecule has 0 saturated heterocycles. The van der Waals surface area contributed by atoms with Crippen molar-refractivity contribution in [3.05, 3.63) is 39.4 Å². The van der Waals surface area contributed by atoms with Gasteiger partial charge in [-0.2, -0.15) is 0 Å². The van der Waals surface area contributed by atoms with Gasteiger partial charge in [-0.25, -0.2) is 0 Å². The number of benzene rings is 1. The predicted octanol–water partition coefficient (Wildman–Crippen LogP) is 2.75. The lowest BCUT2D eigenvalue weighted by Gasteiger charge is -2.05. The van der Waals surface area contributed by atoms with Crippen LogP contribution in [0.2, 0.25) is 0 Å². The first-order chi connectivity index (χ1) is 7.11. The Kier molecular flexibility index (Phi) is 3.55. The Hall–Kier alpha value is -1.71. The van der Waals surface area contributed by atoms with Gasteiger partial charge in [0, 0.05) is 23.6 Å². The molecule has 0 bridgehead atoms. The predicted molar refractivity (Wildman–Crippen MR) is 57.1 cm³/mol. The molecular formula is C11H13NO3. The molecule has 1 aromatic rings. The van der Waals surface area contributed by atoms with Crippen molar-refractivity contribution in [2.75, 3.05) is 0 Å². The van der Waals surface area contributed by atoms with Crippen LogP contribution in [0, 0.1) is 10.1 Å². The molecule has 0 aromatic heterocycles. The minimum Gasteiger partial charge on any atom is -0.294 e. The zero-order valence-electron chi connectivity index (χ0n) is 8.82. The van der Waals surface area contributed by atoms with E-state index >= 15 is 0 Å². The molecule has 0 spiro atoms. The third-order valence-electron chi connectivity index (χ3n) is 2.32. The maximum atomic E-state index is 11.5. The van der Waals surface area contributed by atoms with Crippen LogP contribution in [0.1, 0.15) is 36.2 Å². The Bertz CT molecular complexity index is 399. The van der Waals surface area contributed by atoms with Gasteiger partial charge in [-0.05, 0) is 6.42 Å². The molecule has 0 aliphatic heterocycles. The Morgan fingerprint density at radius 2 is 2.07 bits per heavy atom. The second kappa shape index (κ2) is 4.68. The largest absolute Gasteiger partial charge is 0.294 e. The average molecular weight is 207 g/mol. The molecule has 15 heavy (non-hydrogen) atoms. The molecule has 0 fully saturated rings. The van der Waals surface area contributed by atoms with E-state index in [1.807, 2.05) is 6.92 Å². The van der Waals surface area contributed by atoms with Crippen LogP contribution in [-0.4, -0.2) is 10.7 Å². The maximum absolute atomic E-state index is 11.5. The fraction of sp³-hybridized carbons (Fsp3) is 0.364. The summed E-state index contributed by atoms with van der Waals surface area (Å²) in [6.45, 7) is 3.56. The van der Waals surface area contributed by atoms with Gasteiger partial charge in [0.2, 0.25) is 0 Å². The van der Waals surface area contributed by atoms with Crippen LogP contribution in [-0.2, 0) is 6.42 Å². The van der Waals surface area contributed by atoms with Crippen molar-refractivity contribution in [3.8, 4) is 0 Å². The summed E-state index contributed by atoms with van der Waals surface area (Å²) in [6.07, 6.45) is 0.867. The van der Waals surface area contributed by atoms with E-state index in [1.54, 1.807) is 19.1 Å². The molecule has 0 atom stereocenters. The highest BCUT2D eigenvalue weighted by Crippen LogP contribution is 2.23. The van der Waals surface area contributed by atoms with Gasteiger partial charge in [0.15, 0.2) is 5.78 Å². The zero-order chi connectivity index (χ0) is 11.4. The third-order valence-corrected chi connectivity index (χ3v) is 2.32. The normalized spacial score (nSPS) is 10.0. The van der Waals surface area contributed by atoms with Crippen molar-refractivity contribution in [2.24, 2.45) is 0 Å². The van der Waals surface area contributed by atoms with Crippen LogP contribution in [0.4, 0.5) is 5.69 Å². The highest BCUT2D eigenvalue weighted by molar-refractivity contribution is 5.98. The molecule has 4 nitrogen and oxygen atoms in total. The van der Waals surface area contributed by atoms with Crippen molar-refractivity contribution < 1.29 is 9.72 Å². The first kappa shape index (κ1) is 11.4. The van der Waals surface area contributed by atoms with Gasteiger partial charge in [0.05, 0.1) is 4.92 Å². The fourth-order valence-electron chi connectivity index (χ4n) is 1.57. The van der Waals surface area contributed by atoms with Gasteiger partial charge >= 0.3 is 0 Å². The number of ketones is 1. The Balaban J connectivity index is 3.34. The van der Waals surface area contributed by atoms with Crippen molar-refractivity contribution in [1.29, 1.82) is 0 Å². The van der Waals surface area contributed by atoms with E-state index in [1.165, 1.54) is 6.07 Å². The summed E-state index contributed by atoms with van der Waals surface area (Å²) in [5, 5.41) is 10.7. The highest BCUT2D eigenvalue weighted by Gasteiger charge is 2.18. The van der Waals surface area contributed by atoms with Gasteiger partial charge in [0.25, 0.3) is 5.69 Å². The number of Topliss-reactive ketones (excluding diaryl/α,β-unsaturated/α-hetero) is 1. The van der Waals surface area contributed by atoms with Crippen molar-refractivity contribution in [3.63, 3.8) is 0 Å². The van der Waals surface area contributed by atoms with Gasteiger partial charge in [0.1, 0.15) is 0 Å². The lowest BCUT2D eigenvalue weighted by Crippen LogP contribution is -2.05. The van der Waals surface area contributed by atoms with Gasteiger partial charge in [-0.3, -0.25) is 14.9 Å². The zero-order valence-corrected chi connectivity index (χ0v) is 8.82.